The van der Waals surface area contributed by atoms with Gasteiger partial charge in [-0.05, 0) is 36.8 Å². The number of ether oxygens (including phenoxy) is 2. The molecule has 6 heteroatoms. The van der Waals surface area contributed by atoms with Crippen LogP contribution in [-0.2, 0) is 9.59 Å². The van der Waals surface area contributed by atoms with Crippen molar-refractivity contribution < 1.29 is 19.1 Å². The number of amides is 2. The quantitative estimate of drug-likeness (QED) is 0.799. The van der Waals surface area contributed by atoms with Crippen molar-refractivity contribution in [2.45, 2.75) is 13.3 Å². The van der Waals surface area contributed by atoms with Gasteiger partial charge in [0.05, 0.1) is 19.9 Å². The van der Waals surface area contributed by atoms with Gasteiger partial charge in [-0.15, -0.1) is 0 Å². The molecule has 0 bridgehead atoms. The van der Waals surface area contributed by atoms with Crippen molar-refractivity contribution in [1.82, 2.24) is 0 Å². The van der Waals surface area contributed by atoms with E-state index in [1.165, 1.54) is 7.11 Å². The monoisotopic (exact) mass is 328 g/mol. The number of methoxy groups -OCH3 is 2. The Bertz CT molecular complexity index is 744. The Morgan fingerprint density at radius 1 is 0.958 bits per heavy atom. The van der Waals surface area contributed by atoms with Crippen LogP contribution < -0.4 is 20.1 Å². The zero-order valence-electron chi connectivity index (χ0n) is 13.9. The minimum Gasteiger partial charge on any atom is -0.497 e. The second kappa shape index (κ2) is 8.01. The molecular weight excluding hydrogens is 308 g/mol. The van der Waals surface area contributed by atoms with Crippen molar-refractivity contribution in [2.24, 2.45) is 0 Å². The SMILES string of the molecule is COc1cccc(NC(=O)CC(=O)Nc2cc(C)ccc2OC)c1. The molecule has 0 aliphatic heterocycles. The highest BCUT2D eigenvalue weighted by Crippen LogP contribution is 2.25. The fourth-order valence-electron chi connectivity index (χ4n) is 2.17. The first-order valence-electron chi connectivity index (χ1n) is 7.40. The van der Waals surface area contributed by atoms with E-state index in [-0.39, 0.29) is 6.42 Å². The fourth-order valence-corrected chi connectivity index (χ4v) is 2.17. The molecule has 126 valence electrons. The van der Waals surface area contributed by atoms with Gasteiger partial charge in [-0.2, -0.15) is 0 Å². The Hall–Kier alpha value is -3.02. The van der Waals surface area contributed by atoms with Gasteiger partial charge in [-0.25, -0.2) is 0 Å². The molecule has 24 heavy (non-hydrogen) atoms. The lowest BCUT2D eigenvalue weighted by atomic mass is 10.2. The van der Waals surface area contributed by atoms with E-state index in [0.717, 1.165) is 5.56 Å². The third kappa shape index (κ3) is 4.74. The molecule has 0 radical (unpaired) electrons. The summed E-state index contributed by atoms with van der Waals surface area (Å²) in [6.45, 7) is 1.91. The lowest BCUT2D eigenvalue weighted by Gasteiger charge is -2.11. The maximum Gasteiger partial charge on any atom is 0.233 e. The molecule has 2 aromatic rings. The smallest absolute Gasteiger partial charge is 0.233 e. The van der Waals surface area contributed by atoms with Crippen LogP contribution in [0.25, 0.3) is 0 Å². The van der Waals surface area contributed by atoms with E-state index in [1.807, 2.05) is 13.0 Å². The van der Waals surface area contributed by atoms with Crippen molar-refractivity contribution in [3.63, 3.8) is 0 Å². The zero-order valence-corrected chi connectivity index (χ0v) is 13.9. The summed E-state index contributed by atoms with van der Waals surface area (Å²) >= 11 is 0. The second-order valence-electron chi connectivity index (χ2n) is 5.21. The van der Waals surface area contributed by atoms with Gasteiger partial charge in [0.25, 0.3) is 0 Å². The molecule has 6 nitrogen and oxygen atoms in total. The third-order valence-electron chi connectivity index (χ3n) is 3.30. The number of hydrogen-bond donors (Lipinski definition) is 2. The van der Waals surface area contributed by atoms with Crippen LogP contribution in [-0.4, -0.2) is 26.0 Å². The molecule has 0 saturated carbocycles. The molecule has 0 saturated heterocycles. The van der Waals surface area contributed by atoms with Gasteiger partial charge in [0.15, 0.2) is 0 Å². The van der Waals surface area contributed by atoms with Crippen LogP contribution in [0.3, 0.4) is 0 Å². The molecule has 0 spiro atoms. The predicted octanol–water partition coefficient (Wildman–Crippen LogP) is 2.98. The molecule has 0 heterocycles. The number of nitrogens with one attached hydrogen (secondary N) is 2. The fraction of sp³-hybridized carbons (Fsp3) is 0.222. The van der Waals surface area contributed by atoms with Crippen molar-refractivity contribution in [3.8, 4) is 11.5 Å². The Balaban J connectivity index is 1.96. The molecule has 0 aromatic heterocycles. The summed E-state index contributed by atoms with van der Waals surface area (Å²) in [5.41, 5.74) is 2.09. The number of rotatable bonds is 6. The highest BCUT2D eigenvalue weighted by molar-refractivity contribution is 6.08. The topological polar surface area (TPSA) is 76.7 Å². The lowest BCUT2D eigenvalue weighted by molar-refractivity contribution is -0.123. The molecule has 2 aromatic carbocycles. The van der Waals surface area contributed by atoms with E-state index in [9.17, 15) is 9.59 Å². The number of carbonyl (C=O) groups is 2. The van der Waals surface area contributed by atoms with Crippen LogP contribution in [0.4, 0.5) is 11.4 Å². The Kier molecular flexibility index (Phi) is 5.78. The first kappa shape index (κ1) is 17.3. The molecule has 2 amide bonds. The predicted molar refractivity (Wildman–Crippen MR) is 92.6 cm³/mol. The lowest BCUT2D eigenvalue weighted by Crippen LogP contribution is -2.21. The summed E-state index contributed by atoms with van der Waals surface area (Å²) in [7, 11) is 3.07. The summed E-state index contributed by atoms with van der Waals surface area (Å²) in [5.74, 6) is 0.343. The van der Waals surface area contributed by atoms with Crippen molar-refractivity contribution >= 4 is 23.2 Å². The first-order chi connectivity index (χ1) is 11.5. The Morgan fingerprint density at radius 3 is 2.42 bits per heavy atom. The van der Waals surface area contributed by atoms with Crippen LogP contribution in [0.15, 0.2) is 42.5 Å². The molecule has 0 unspecified atom stereocenters. The van der Waals surface area contributed by atoms with Gasteiger partial charge in [0.1, 0.15) is 17.9 Å². The average Bonchev–Trinajstić information content (AvgIpc) is 2.55. The Labute approximate surface area is 140 Å². The van der Waals surface area contributed by atoms with Crippen LogP contribution >= 0.6 is 0 Å². The molecule has 0 aliphatic carbocycles. The van der Waals surface area contributed by atoms with E-state index in [4.69, 9.17) is 9.47 Å². The minimum atomic E-state index is -0.417. The number of benzene rings is 2. The summed E-state index contributed by atoms with van der Waals surface area (Å²) < 4.78 is 10.3. The minimum absolute atomic E-state index is 0.297. The summed E-state index contributed by atoms with van der Waals surface area (Å²) in [5, 5.41) is 5.35. The second-order valence-corrected chi connectivity index (χ2v) is 5.21. The third-order valence-corrected chi connectivity index (χ3v) is 3.30. The molecular formula is C18H20N2O4. The number of aryl methyl sites for hydroxylation is 1. The largest absolute Gasteiger partial charge is 0.497 e. The van der Waals surface area contributed by atoms with Crippen LogP contribution in [0.1, 0.15) is 12.0 Å². The standard InChI is InChI=1S/C18H20N2O4/c1-12-7-8-16(24-3)15(9-12)20-18(22)11-17(21)19-13-5-4-6-14(10-13)23-2/h4-10H,11H2,1-3H3,(H,19,21)(H,20,22). The summed E-state index contributed by atoms with van der Waals surface area (Å²) in [6.07, 6.45) is -0.297. The van der Waals surface area contributed by atoms with E-state index < -0.39 is 11.8 Å². The van der Waals surface area contributed by atoms with Crippen LogP contribution in [0.2, 0.25) is 0 Å². The maximum absolute atomic E-state index is 12.1. The van der Waals surface area contributed by atoms with Crippen molar-refractivity contribution in [1.29, 1.82) is 0 Å². The van der Waals surface area contributed by atoms with E-state index in [0.29, 0.717) is 22.9 Å². The van der Waals surface area contributed by atoms with Gasteiger partial charge in [-0.1, -0.05) is 12.1 Å². The number of carbonyl (C=O) groups excluding carboxylic acids is 2. The first-order valence-corrected chi connectivity index (χ1v) is 7.40. The van der Waals surface area contributed by atoms with Gasteiger partial charge >= 0.3 is 0 Å². The number of hydrogen-bond acceptors (Lipinski definition) is 4. The summed E-state index contributed by atoms with van der Waals surface area (Å²) in [4.78, 5) is 24.1. The van der Waals surface area contributed by atoms with Gasteiger partial charge < -0.3 is 20.1 Å². The van der Waals surface area contributed by atoms with E-state index >= 15 is 0 Å². The normalized spacial score (nSPS) is 9.96. The molecule has 2 N–H and O–H groups in total. The molecule has 0 aliphatic rings. The van der Waals surface area contributed by atoms with Crippen molar-refractivity contribution in [2.75, 3.05) is 24.9 Å². The van der Waals surface area contributed by atoms with Gasteiger partial charge in [-0.3, -0.25) is 9.59 Å². The van der Waals surface area contributed by atoms with E-state index in [1.54, 1.807) is 43.5 Å². The number of anilines is 2. The van der Waals surface area contributed by atoms with Crippen LogP contribution in [0.5, 0.6) is 11.5 Å². The average molecular weight is 328 g/mol. The zero-order chi connectivity index (χ0) is 17.5. The van der Waals surface area contributed by atoms with Crippen LogP contribution in [0, 0.1) is 6.92 Å². The Morgan fingerprint density at radius 2 is 1.71 bits per heavy atom. The highest BCUT2D eigenvalue weighted by atomic mass is 16.5. The van der Waals surface area contributed by atoms with Crippen molar-refractivity contribution in [3.05, 3.63) is 48.0 Å². The molecule has 0 atom stereocenters. The molecule has 2 rings (SSSR count). The maximum atomic E-state index is 12.1. The highest BCUT2D eigenvalue weighted by Gasteiger charge is 2.12. The van der Waals surface area contributed by atoms with E-state index in [2.05, 4.69) is 10.6 Å². The molecule has 0 fully saturated rings. The van der Waals surface area contributed by atoms with Gasteiger partial charge in [0, 0.05) is 11.8 Å². The van der Waals surface area contributed by atoms with Gasteiger partial charge in [0.2, 0.25) is 11.8 Å². The summed E-state index contributed by atoms with van der Waals surface area (Å²) in [6, 6.07) is 12.4.